The zero-order chi connectivity index (χ0) is 18.4. The Balaban J connectivity index is 1.60. The Bertz CT molecular complexity index is 727. The van der Waals surface area contributed by atoms with Gasteiger partial charge in [-0.15, -0.1) is 0 Å². The second-order valence-corrected chi connectivity index (χ2v) is 6.60. The van der Waals surface area contributed by atoms with E-state index in [4.69, 9.17) is 5.73 Å². The van der Waals surface area contributed by atoms with Crippen LogP contribution in [0.4, 0.5) is 0 Å². The van der Waals surface area contributed by atoms with Gasteiger partial charge in [0.1, 0.15) is 0 Å². The zero-order valence-corrected chi connectivity index (χ0v) is 14.8. The number of nitrogens with zero attached hydrogens (tertiary/aromatic N) is 3. The molecule has 0 aliphatic carbocycles. The normalized spacial score (nSPS) is 17.1. The van der Waals surface area contributed by atoms with E-state index in [1.807, 2.05) is 35.0 Å². The van der Waals surface area contributed by atoms with Crippen LogP contribution in [0.15, 0.2) is 43.0 Å². The summed E-state index contributed by atoms with van der Waals surface area (Å²) in [7, 11) is 0. The molecule has 1 aliphatic heterocycles. The third-order valence-corrected chi connectivity index (χ3v) is 4.65. The van der Waals surface area contributed by atoms with E-state index in [1.54, 1.807) is 17.4 Å². The quantitative estimate of drug-likeness (QED) is 0.804. The lowest BCUT2D eigenvalue weighted by Crippen LogP contribution is -2.46. The average Bonchev–Trinajstić information content (AvgIpc) is 3.19. The number of rotatable bonds is 6. The van der Waals surface area contributed by atoms with Crippen molar-refractivity contribution >= 4 is 11.8 Å². The van der Waals surface area contributed by atoms with E-state index in [1.165, 1.54) is 0 Å². The maximum atomic E-state index is 12.8. The highest BCUT2D eigenvalue weighted by atomic mass is 16.2. The standard InChI is InChI=1S/C19H25N5O2/c20-7-8-22-18(25)17-2-1-10-24(13-17)19(26)16-5-3-15(4-6-16)12-23-11-9-21-14-23/h3-6,9,11,14,17H,1-2,7-8,10,12-13,20H2,(H,22,25). The minimum Gasteiger partial charge on any atom is -0.355 e. The molecule has 1 saturated heterocycles. The van der Waals surface area contributed by atoms with Gasteiger partial charge in [-0.25, -0.2) is 4.98 Å². The van der Waals surface area contributed by atoms with Gasteiger partial charge in [0.25, 0.3) is 5.91 Å². The van der Waals surface area contributed by atoms with E-state index < -0.39 is 0 Å². The third kappa shape index (κ3) is 4.49. The molecular formula is C19H25N5O2. The minimum atomic E-state index is -0.153. The lowest BCUT2D eigenvalue weighted by molar-refractivity contribution is -0.126. The summed E-state index contributed by atoms with van der Waals surface area (Å²) in [4.78, 5) is 30.7. The highest BCUT2D eigenvalue weighted by Crippen LogP contribution is 2.19. The molecule has 2 heterocycles. The van der Waals surface area contributed by atoms with Crippen LogP contribution in [-0.4, -0.2) is 52.4 Å². The Morgan fingerprint density at radius 2 is 2.08 bits per heavy atom. The number of carbonyl (C=O) groups is 2. The van der Waals surface area contributed by atoms with Gasteiger partial charge in [0, 0.05) is 50.7 Å². The van der Waals surface area contributed by atoms with Crippen LogP contribution in [-0.2, 0) is 11.3 Å². The lowest BCUT2D eigenvalue weighted by Gasteiger charge is -2.32. The van der Waals surface area contributed by atoms with Gasteiger partial charge in [0.05, 0.1) is 12.2 Å². The van der Waals surface area contributed by atoms with Gasteiger partial charge >= 0.3 is 0 Å². The molecule has 1 fully saturated rings. The summed E-state index contributed by atoms with van der Waals surface area (Å²) < 4.78 is 1.98. The van der Waals surface area contributed by atoms with Crippen molar-refractivity contribution in [1.29, 1.82) is 0 Å². The second kappa shape index (κ2) is 8.62. The van der Waals surface area contributed by atoms with Gasteiger partial charge in [-0.1, -0.05) is 12.1 Å². The molecule has 2 amide bonds. The largest absolute Gasteiger partial charge is 0.355 e. The molecule has 2 aromatic rings. The number of hydrogen-bond acceptors (Lipinski definition) is 4. The Kier molecular flexibility index (Phi) is 6.01. The van der Waals surface area contributed by atoms with Crippen molar-refractivity contribution in [1.82, 2.24) is 19.8 Å². The molecule has 1 unspecified atom stereocenters. The number of piperidine rings is 1. The van der Waals surface area contributed by atoms with Crippen LogP contribution in [0.1, 0.15) is 28.8 Å². The highest BCUT2D eigenvalue weighted by Gasteiger charge is 2.28. The first-order valence-corrected chi connectivity index (χ1v) is 8.99. The number of amides is 2. The molecule has 0 bridgehead atoms. The first kappa shape index (κ1) is 18.1. The molecule has 0 saturated carbocycles. The van der Waals surface area contributed by atoms with E-state index >= 15 is 0 Å². The molecular weight excluding hydrogens is 330 g/mol. The molecule has 3 rings (SSSR count). The molecule has 1 atom stereocenters. The topological polar surface area (TPSA) is 93.3 Å². The molecule has 3 N–H and O–H groups in total. The summed E-state index contributed by atoms with van der Waals surface area (Å²) in [5.41, 5.74) is 7.19. The predicted molar refractivity (Wildman–Crippen MR) is 98.5 cm³/mol. The van der Waals surface area contributed by atoms with Crippen molar-refractivity contribution < 1.29 is 9.59 Å². The number of hydrogen-bond donors (Lipinski definition) is 2. The number of imidazole rings is 1. The fourth-order valence-electron chi connectivity index (χ4n) is 3.24. The van der Waals surface area contributed by atoms with Gasteiger partial charge < -0.3 is 20.5 Å². The Morgan fingerprint density at radius 1 is 1.27 bits per heavy atom. The first-order chi connectivity index (χ1) is 12.7. The van der Waals surface area contributed by atoms with Gasteiger partial charge in [0.2, 0.25) is 5.91 Å². The second-order valence-electron chi connectivity index (χ2n) is 6.60. The van der Waals surface area contributed by atoms with E-state index in [0.717, 1.165) is 24.9 Å². The third-order valence-electron chi connectivity index (χ3n) is 4.65. The fraction of sp³-hybridized carbons (Fsp3) is 0.421. The average molecular weight is 355 g/mol. The van der Waals surface area contributed by atoms with Crippen LogP contribution in [0.25, 0.3) is 0 Å². The Hall–Kier alpha value is -2.67. The number of aromatic nitrogens is 2. The summed E-state index contributed by atoms with van der Waals surface area (Å²) in [5.74, 6) is -0.182. The number of carbonyl (C=O) groups excluding carboxylic acids is 2. The number of nitrogens with one attached hydrogen (secondary N) is 1. The first-order valence-electron chi connectivity index (χ1n) is 8.99. The maximum Gasteiger partial charge on any atom is 0.253 e. The van der Waals surface area contributed by atoms with Crippen LogP contribution >= 0.6 is 0 Å². The SMILES string of the molecule is NCCNC(=O)C1CCCN(C(=O)c2ccc(Cn3ccnc3)cc2)C1. The van der Waals surface area contributed by atoms with Crippen molar-refractivity contribution in [3.8, 4) is 0 Å². The number of likely N-dealkylation sites (tertiary alicyclic amines) is 1. The van der Waals surface area contributed by atoms with Crippen molar-refractivity contribution in [2.75, 3.05) is 26.2 Å². The van der Waals surface area contributed by atoms with Crippen LogP contribution in [0, 0.1) is 5.92 Å². The van der Waals surface area contributed by atoms with Gasteiger partial charge in [-0.3, -0.25) is 9.59 Å². The summed E-state index contributed by atoms with van der Waals surface area (Å²) in [6.07, 6.45) is 7.06. The van der Waals surface area contributed by atoms with Crippen LogP contribution in [0.3, 0.4) is 0 Å². The van der Waals surface area contributed by atoms with Gasteiger partial charge in [0.15, 0.2) is 0 Å². The molecule has 7 nitrogen and oxygen atoms in total. The summed E-state index contributed by atoms with van der Waals surface area (Å²) in [6, 6.07) is 7.63. The van der Waals surface area contributed by atoms with E-state index in [9.17, 15) is 9.59 Å². The molecule has 1 aromatic heterocycles. The molecule has 7 heteroatoms. The van der Waals surface area contributed by atoms with Gasteiger partial charge in [-0.2, -0.15) is 0 Å². The van der Waals surface area contributed by atoms with Crippen LogP contribution in [0.2, 0.25) is 0 Å². The monoisotopic (exact) mass is 355 g/mol. The minimum absolute atomic E-state index is 0.0105. The lowest BCUT2D eigenvalue weighted by atomic mass is 9.96. The van der Waals surface area contributed by atoms with E-state index in [2.05, 4.69) is 10.3 Å². The molecule has 0 radical (unpaired) electrons. The van der Waals surface area contributed by atoms with Crippen molar-refractivity contribution in [2.45, 2.75) is 19.4 Å². The molecule has 26 heavy (non-hydrogen) atoms. The smallest absolute Gasteiger partial charge is 0.253 e. The fourth-order valence-corrected chi connectivity index (χ4v) is 3.24. The van der Waals surface area contributed by atoms with Crippen LogP contribution < -0.4 is 11.1 Å². The number of nitrogens with two attached hydrogens (primary N) is 1. The van der Waals surface area contributed by atoms with Gasteiger partial charge in [-0.05, 0) is 30.5 Å². The Morgan fingerprint density at radius 3 is 2.77 bits per heavy atom. The van der Waals surface area contributed by atoms with E-state index in [-0.39, 0.29) is 17.7 Å². The van der Waals surface area contributed by atoms with Crippen LogP contribution in [0.5, 0.6) is 0 Å². The molecule has 0 spiro atoms. The van der Waals surface area contributed by atoms with E-state index in [0.29, 0.717) is 31.7 Å². The maximum absolute atomic E-state index is 12.8. The van der Waals surface area contributed by atoms with Crippen molar-refractivity contribution in [3.63, 3.8) is 0 Å². The van der Waals surface area contributed by atoms with Crippen molar-refractivity contribution in [2.24, 2.45) is 11.7 Å². The highest BCUT2D eigenvalue weighted by molar-refractivity contribution is 5.94. The Labute approximate surface area is 153 Å². The predicted octanol–water partition coefficient (Wildman–Crippen LogP) is 0.859. The summed E-state index contributed by atoms with van der Waals surface area (Å²) >= 11 is 0. The number of benzene rings is 1. The van der Waals surface area contributed by atoms with Crippen molar-refractivity contribution in [3.05, 3.63) is 54.1 Å². The molecule has 138 valence electrons. The summed E-state index contributed by atoms with van der Waals surface area (Å²) in [5, 5.41) is 2.82. The molecule has 1 aliphatic rings. The molecule has 1 aromatic carbocycles. The summed E-state index contributed by atoms with van der Waals surface area (Å²) in [6.45, 7) is 2.78. The zero-order valence-electron chi connectivity index (χ0n) is 14.8.